The minimum Gasteiger partial charge on any atom is -0.503 e. The van der Waals surface area contributed by atoms with Gasteiger partial charge in [-0.05, 0) is 42.5 Å². The minimum atomic E-state index is -0.755. The number of nitrogens with one attached hydrogen (secondary N) is 1. The van der Waals surface area contributed by atoms with Gasteiger partial charge in [-0.1, -0.05) is 43.2 Å². The number of unbranched alkanes of at least 4 members (excludes halogenated alkanes) is 3. The summed E-state index contributed by atoms with van der Waals surface area (Å²) in [4.78, 5) is 28.5. The Labute approximate surface area is 175 Å². The molecule has 3 aromatic rings. The van der Waals surface area contributed by atoms with Gasteiger partial charge in [0.1, 0.15) is 0 Å². The quantitative estimate of drug-likeness (QED) is 0.504. The minimum absolute atomic E-state index is 0.286. The van der Waals surface area contributed by atoms with Crippen LogP contribution in [0.4, 0.5) is 0 Å². The lowest BCUT2D eigenvalue weighted by Gasteiger charge is -2.09. The van der Waals surface area contributed by atoms with E-state index in [1.807, 2.05) is 42.5 Å². The van der Waals surface area contributed by atoms with Crippen molar-refractivity contribution < 1.29 is 9.90 Å². The monoisotopic (exact) mass is 406 g/mol. The molecule has 1 amide bonds. The summed E-state index contributed by atoms with van der Waals surface area (Å²) in [6, 6.07) is 13.4. The van der Waals surface area contributed by atoms with E-state index in [2.05, 4.69) is 15.4 Å². The van der Waals surface area contributed by atoms with Crippen molar-refractivity contribution in [2.24, 2.45) is 0 Å². The number of aromatic nitrogens is 3. The van der Waals surface area contributed by atoms with E-state index in [1.54, 1.807) is 12.4 Å². The number of amides is 1. The van der Waals surface area contributed by atoms with E-state index in [4.69, 9.17) is 0 Å². The summed E-state index contributed by atoms with van der Waals surface area (Å²) in [5.74, 6) is -1.06. The molecule has 0 aliphatic heterocycles. The lowest BCUT2D eigenvalue weighted by Crippen LogP contribution is -2.31. The highest BCUT2D eigenvalue weighted by molar-refractivity contribution is 5.92. The fourth-order valence-corrected chi connectivity index (χ4v) is 3.15. The molecule has 7 heteroatoms. The van der Waals surface area contributed by atoms with E-state index in [0.717, 1.165) is 37.7 Å². The molecule has 7 nitrogen and oxygen atoms in total. The Kier molecular flexibility index (Phi) is 7.71. The van der Waals surface area contributed by atoms with Crippen LogP contribution in [0, 0.1) is 0 Å². The molecule has 0 saturated carbocycles. The SMILES string of the molecule is O=C(NCc1ccccc1)c1nn(CCCCCCc2ccncc2)cc(O)c1=O. The zero-order chi connectivity index (χ0) is 21.2. The second kappa shape index (κ2) is 10.9. The van der Waals surface area contributed by atoms with Crippen molar-refractivity contribution in [3.05, 3.63) is 88.1 Å². The molecule has 2 aromatic heterocycles. The third-order valence-corrected chi connectivity index (χ3v) is 4.81. The lowest BCUT2D eigenvalue weighted by molar-refractivity contribution is 0.0941. The van der Waals surface area contributed by atoms with Gasteiger partial charge in [0.2, 0.25) is 0 Å². The topological polar surface area (TPSA) is 97.1 Å². The van der Waals surface area contributed by atoms with Gasteiger partial charge in [0.15, 0.2) is 11.4 Å². The highest BCUT2D eigenvalue weighted by atomic mass is 16.3. The van der Waals surface area contributed by atoms with Crippen molar-refractivity contribution in [1.82, 2.24) is 20.1 Å². The Hall–Kier alpha value is -3.48. The molecule has 0 fully saturated rings. The van der Waals surface area contributed by atoms with Gasteiger partial charge >= 0.3 is 0 Å². The Bertz CT molecular complexity index is 1000. The number of nitrogens with zero attached hydrogens (tertiary/aromatic N) is 3. The summed E-state index contributed by atoms with van der Waals surface area (Å²) in [5.41, 5.74) is 1.15. The second-order valence-electron chi connectivity index (χ2n) is 7.14. The first-order chi connectivity index (χ1) is 14.6. The zero-order valence-corrected chi connectivity index (χ0v) is 16.8. The van der Waals surface area contributed by atoms with E-state index in [-0.39, 0.29) is 12.2 Å². The van der Waals surface area contributed by atoms with Crippen LogP contribution in [-0.2, 0) is 19.5 Å². The molecule has 0 bridgehead atoms. The third-order valence-electron chi connectivity index (χ3n) is 4.81. The van der Waals surface area contributed by atoms with Crippen molar-refractivity contribution in [2.75, 3.05) is 0 Å². The Morgan fingerprint density at radius 1 is 0.967 bits per heavy atom. The normalized spacial score (nSPS) is 10.7. The van der Waals surface area contributed by atoms with Gasteiger partial charge in [0, 0.05) is 25.5 Å². The van der Waals surface area contributed by atoms with E-state index < -0.39 is 17.1 Å². The molecule has 0 aliphatic rings. The standard InChI is InChI=1S/C23H26N4O3/c28-20-17-27(15-7-2-1-4-8-18-11-13-24-14-12-18)26-21(22(20)29)23(30)25-16-19-9-5-3-6-10-19/h3,5-6,9-14,17,28H,1-2,4,7-8,15-16H2,(H,25,30). The van der Waals surface area contributed by atoms with Crippen molar-refractivity contribution in [1.29, 1.82) is 0 Å². The maximum Gasteiger partial charge on any atom is 0.276 e. The molecular weight excluding hydrogens is 380 g/mol. The van der Waals surface area contributed by atoms with Gasteiger partial charge in [0.05, 0.1) is 6.20 Å². The maximum absolute atomic E-state index is 12.4. The summed E-state index contributed by atoms with van der Waals surface area (Å²) in [6.07, 6.45) is 9.90. The van der Waals surface area contributed by atoms with Crippen LogP contribution >= 0.6 is 0 Å². The van der Waals surface area contributed by atoms with Crippen LogP contribution in [-0.4, -0.2) is 25.8 Å². The van der Waals surface area contributed by atoms with Crippen LogP contribution < -0.4 is 10.7 Å². The van der Waals surface area contributed by atoms with Crippen LogP contribution in [0.5, 0.6) is 5.75 Å². The number of aromatic hydroxyl groups is 1. The molecule has 156 valence electrons. The summed E-state index contributed by atoms with van der Waals surface area (Å²) in [5, 5.41) is 16.7. The van der Waals surface area contributed by atoms with Crippen molar-refractivity contribution in [3.8, 4) is 5.75 Å². The number of pyridine rings is 1. The van der Waals surface area contributed by atoms with Gasteiger partial charge in [-0.15, -0.1) is 0 Å². The first-order valence-electron chi connectivity index (χ1n) is 10.2. The molecule has 30 heavy (non-hydrogen) atoms. The average molecular weight is 406 g/mol. The van der Waals surface area contributed by atoms with Crippen LogP contribution in [0.25, 0.3) is 0 Å². The smallest absolute Gasteiger partial charge is 0.276 e. The molecule has 0 aliphatic carbocycles. The van der Waals surface area contributed by atoms with E-state index in [1.165, 1.54) is 16.4 Å². The molecule has 2 N–H and O–H groups in total. The van der Waals surface area contributed by atoms with Crippen LogP contribution in [0.3, 0.4) is 0 Å². The van der Waals surface area contributed by atoms with Gasteiger partial charge in [-0.2, -0.15) is 5.10 Å². The molecule has 2 heterocycles. The van der Waals surface area contributed by atoms with Crippen LogP contribution in [0.1, 0.15) is 47.3 Å². The lowest BCUT2D eigenvalue weighted by atomic mass is 10.1. The Morgan fingerprint density at radius 2 is 1.70 bits per heavy atom. The zero-order valence-electron chi connectivity index (χ0n) is 16.8. The number of rotatable bonds is 10. The molecular formula is C23H26N4O3. The molecule has 0 saturated heterocycles. The molecule has 0 unspecified atom stereocenters. The van der Waals surface area contributed by atoms with Gasteiger partial charge in [0.25, 0.3) is 11.3 Å². The average Bonchev–Trinajstić information content (AvgIpc) is 2.78. The first-order valence-corrected chi connectivity index (χ1v) is 10.2. The predicted octanol–water partition coefficient (Wildman–Crippen LogP) is 3.08. The molecule has 0 spiro atoms. The van der Waals surface area contributed by atoms with Crippen LogP contribution in [0.15, 0.2) is 65.8 Å². The molecule has 3 rings (SSSR count). The fraction of sp³-hybridized carbons (Fsp3) is 0.304. The number of aryl methyl sites for hydroxylation is 2. The Morgan fingerprint density at radius 3 is 2.47 bits per heavy atom. The summed E-state index contributed by atoms with van der Waals surface area (Å²) >= 11 is 0. The van der Waals surface area contributed by atoms with E-state index in [0.29, 0.717) is 6.54 Å². The summed E-state index contributed by atoms with van der Waals surface area (Å²) in [7, 11) is 0. The van der Waals surface area contributed by atoms with Crippen molar-refractivity contribution >= 4 is 5.91 Å². The first kappa shape index (κ1) is 21.2. The summed E-state index contributed by atoms with van der Waals surface area (Å²) < 4.78 is 1.47. The maximum atomic E-state index is 12.4. The van der Waals surface area contributed by atoms with Crippen LogP contribution in [0.2, 0.25) is 0 Å². The third kappa shape index (κ3) is 6.27. The largest absolute Gasteiger partial charge is 0.503 e. The molecule has 0 atom stereocenters. The number of carbonyl (C=O) groups excluding carboxylic acids is 1. The number of benzene rings is 1. The predicted molar refractivity (Wildman–Crippen MR) is 114 cm³/mol. The second-order valence-corrected chi connectivity index (χ2v) is 7.14. The van der Waals surface area contributed by atoms with E-state index >= 15 is 0 Å². The number of carbonyl (C=O) groups is 1. The fourth-order valence-electron chi connectivity index (χ4n) is 3.15. The number of hydrogen-bond acceptors (Lipinski definition) is 5. The number of hydrogen-bond donors (Lipinski definition) is 2. The highest BCUT2D eigenvalue weighted by Gasteiger charge is 2.16. The molecule has 1 aromatic carbocycles. The highest BCUT2D eigenvalue weighted by Crippen LogP contribution is 2.09. The van der Waals surface area contributed by atoms with E-state index in [9.17, 15) is 14.7 Å². The van der Waals surface area contributed by atoms with Gasteiger partial charge in [-0.3, -0.25) is 19.3 Å². The molecule has 0 radical (unpaired) electrons. The van der Waals surface area contributed by atoms with Gasteiger partial charge < -0.3 is 10.4 Å². The summed E-state index contributed by atoms with van der Waals surface area (Å²) in [6.45, 7) is 0.815. The van der Waals surface area contributed by atoms with Crippen molar-refractivity contribution in [2.45, 2.75) is 45.2 Å². The Balaban J connectivity index is 1.49. The van der Waals surface area contributed by atoms with Gasteiger partial charge in [-0.25, -0.2) is 0 Å². The van der Waals surface area contributed by atoms with Crippen molar-refractivity contribution in [3.63, 3.8) is 0 Å².